The van der Waals surface area contributed by atoms with Crippen LogP contribution in [0.2, 0.25) is 0 Å². The van der Waals surface area contributed by atoms with E-state index in [0.29, 0.717) is 0 Å². The lowest BCUT2D eigenvalue weighted by Gasteiger charge is -2.21. The highest BCUT2D eigenvalue weighted by molar-refractivity contribution is 5.68. The average molecular weight is 150 g/mol. The van der Waals surface area contributed by atoms with Crippen LogP contribution in [0.25, 0.3) is 0 Å². The van der Waals surface area contributed by atoms with E-state index >= 15 is 0 Å². The first-order valence-corrected chi connectivity index (χ1v) is 4.34. The normalized spacial score (nSPS) is 41.8. The highest BCUT2D eigenvalue weighted by atomic mass is 16.1. The Balaban J connectivity index is 2.47. The van der Waals surface area contributed by atoms with Crippen LogP contribution in [0.1, 0.15) is 33.1 Å². The zero-order valence-corrected chi connectivity index (χ0v) is 7.18. The molecule has 2 rings (SSSR count). The van der Waals surface area contributed by atoms with Gasteiger partial charge in [0.2, 0.25) is 0 Å². The molecule has 1 fully saturated rings. The van der Waals surface area contributed by atoms with Crippen LogP contribution in [-0.2, 0) is 4.79 Å². The maximum absolute atomic E-state index is 10.9. The molecule has 0 N–H and O–H groups in total. The summed E-state index contributed by atoms with van der Waals surface area (Å²) in [7, 11) is 0. The third kappa shape index (κ3) is 0.688. The molecule has 2 unspecified atom stereocenters. The minimum atomic E-state index is -0.0191. The lowest BCUT2D eigenvalue weighted by atomic mass is 9.81. The molecule has 0 saturated heterocycles. The van der Waals surface area contributed by atoms with Crippen molar-refractivity contribution in [2.45, 2.75) is 33.1 Å². The quantitative estimate of drug-likeness (QED) is 0.414. The summed E-state index contributed by atoms with van der Waals surface area (Å²) >= 11 is 0. The van der Waals surface area contributed by atoms with E-state index in [4.69, 9.17) is 0 Å². The topological polar surface area (TPSA) is 17.1 Å². The molecule has 0 aromatic carbocycles. The van der Waals surface area contributed by atoms with Gasteiger partial charge in [0.15, 0.2) is 0 Å². The molecular weight excluding hydrogens is 136 g/mol. The molecule has 0 aromatic heterocycles. The van der Waals surface area contributed by atoms with Gasteiger partial charge < -0.3 is 4.79 Å². The average Bonchev–Trinajstić information content (AvgIpc) is 2.53. The molecule has 0 radical (unpaired) electrons. The van der Waals surface area contributed by atoms with E-state index in [1.54, 1.807) is 0 Å². The van der Waals surface area contributed by atoms with Crippen LogP contribution in [0, 0.1) is 11.3 Å². The number of hydrogen-bond acceptors (Lipinski definition) is 1. The monoisotopic (exact) mass is 150 g/mol. The summed E-state index contributed by atoms with van der Waals surface area (Å²) in [6.45, 7) is 4.31. The summed E-state index contributed by atoms with van der Waals surface area (Å²) < 4.78 is 0. The summed E-state index contributed by atoms with van der Waals surface area (Å²) in [6, 6.07) is 0. The van der Waals surface area contributed by atoms with E-state index in [-0.39, 0.29) is 5.41 Å². The SMILES string of the molecule is CC1=C(C)C2(C=O)CCC1C2. The highest BCUT2D eigenvalue weighted by Crippen LogP contribution is 2.55. The molecule has 0 spiro atoms. The van der Waals surface area contributed by atoms with Gasteiger partial charge in [0.25, 0.3) is 0 Å². The lowest BCUT2D eigenvalue weighted by Crippen LogP contribution is -2.18. The minimum absolute atomic E-state index is 0.0191. The fraction of sp³-hybridized carbons (Fsp3) is 0.700. The maximum atomic E-state index is 10.9. The third-order valence-corrected chi connectivity index (χ3v) is 3.73. The Bertz CT molecular complexity index is 239. The molecule has 0 aromatic rings. The van der Waals surface area contributed by atoms with E-state index in [1.165, 1.54) is 23.9 Å². The summed E-state index contributed by atoms with van der Waals surface area (Å²) in [4.78, 5) is 10.9. The number of carbonyl (C=O) groups excluding carboxylic acids is 1. The summed E-state index contributed by atoms with van der Waals surface area (Å²) in [5, 5.41) is 0. The standard InChI is InChI=1S/C10H14O/c1-7-8(2)10(6-11)4-3-9(7)5-10/h6,9H,3-5H2,1-2H3. The first-order valence-electron chi connectivity index (χ1n) is 4.34. The van der Waals surface area contributed by atoms with Crippen LogP contribution in [-0.4, -0.2) is 6.29 Å². The second-order valence-electron chi connectivity index (χ2n) is 4.02. The predicted molar refractivity (Wildman–Crippen MR) is 44.2 cm³/mol. The van der Waals surface area contributed by atoms with Crippen molar-refractivity contribution in [1.82, 2.24) is 0 Å². The van der Waals surface area contributed by atoms with Gasteiger partial charge in [-0.2, -0.15) is 0 Å². The lowest BCUT2D eigenvalue weighted by molar-refractivity contribution is -0.114. The molecule has 2 atom stereocenters. The number of allylic oxidation sites excluding steroid dienone is 2. The van der Waals surface area contributed by atoms with Crippen molar-refractivity contribution in [3.63, 3.8) is 0 Å². The predicted octanol–water partition coefficient (Wildman–Crippen LogP) is 2.32. The van der Waals surface area contributed by atoms with Gasteiger partial charge in [-0.1, -0.05) is 11.1 Å². The number of rotatable bonds is 1. The molecule has 60 valence electrons. The van der Waals surface area contributed by atoms with Crippen LogP contribution in [0.5, 0.6) is 0 Å². The second-order valence-corrected chi connectivity index (χ2v) is 4.02. The van der Waals surface area contributed by atoms with Gasteiger partial charge >= 0.3 is 0 Å². The first-order chi connectivity index (χ1) is 5.19. The maximum Gasteiger partial charge on any atom is 0.130 e. The molecule has 2 aliphatic carbocycles. The van der Waals surface area contributed by atoms with Crippen LogP contribution in [0.15, 0.2) is 11.1 Å². The van der Waals surface area contributed by atoms with Gasteiger partial charge in [-0.3, -0.25) is 0 Å². The number of carbonyl (C=O) groups is 1. The number of fused-ring (bicyclic) bond motifs is 2. The fourth-order valence-corrected chi connectivity index (χ4v) is 2.68. The van der Waals surface area contributed by atoms with Gasteiger partial charge in [-0.05, 0) is 39.0 Å². The van der Waals surface area contributed by atoms with Crippen molar-refractivity contribution in [2.24, 2.45) is 11.3 Å². The molecule has 1 saturated carbocycles. The zero-order valence-electron chi connectivity index (χ0n) is 7.18. The molecule has 2 aliphatic rings. The van der Waals surface area contributed by atoms with Gasteiger partial charge in [0.1, 0.15) is 6.29 Å². The second kappa shape index (κ2) is 1.96. The Morgan fingerprint density at radius 3 is 2.64 bits per heavy atom. The van der Waals surface area contributed by atoms with E-state index in [9.17, 15) is 4.79 Å². The Labute approximate surface area is 67.5 Å². The Morgan fingerprint density at radius 1 is 1.55 bits per heavy atom. The van der Waals surface area contributed by atoms with Crippen LogP contribution >= 0.6 is 0 Å². The molecule has 1 heteroatoms. The summed E-state index contributed by atoms with van der Waals surface area (Å²) in [5.41, 5.74) is 2.83. The van der Waals surface area contributed by atoms with Crippen LogP contribution < -0.4 is 0 Å². The van der Waals surface area contributed by atoms with E-state index in [0.717, 1.165) is 18.8 Å². The first kappa shape index (κ1) is 7.08. The van der Waals surface area contributed by atoms with Gasteiger partial charge in [0.05, 0.1) is 0 Å². The van der Waals surface area contributed by atoms with Crippen molar-refractivity contribution in [3.8, 4) is 0 Å². The molecular formula is C10H14O. The largest absolute Gasteiger partial charge is 0.302 e. The van der Waals surface area contributed by atoms with Crippen molar-refractivity contribution in [3.05, 3.63) is 11.1 Å². The van der Waals surface area contributed by atoms with Crippen molar-refractivity contribution < 1.29 is 4.79 Å². The van der Waals surface area contributed by atoms with Crippen LogP contribution in [0.3, 0.4) is 0 Å². The Kier molecular flexibility index (Phi) is 1.26. The molecule has 0 heterocycles. The van der Waals surface area contributed by atoms with E-state index in [1.807, 2.05) is 0 Å². The van der Waals surface area contributed by atoms with Gasteiger partial charge in [0, 0.05) is 5.41 Å². The Morgan fingerprint density at radius 2 is 2.27 bits per heavy atom. The van der Waals surface area contributed by atoms with E-state index < -0.39 is 0 Å². The Hall–Kier alpha value is -0.590. The molecule has 0 amide bonds. The fourth-order valence-electron chi connectivity index (χ4n) is 2.68. The molecule has 1 nitrogen and oxygen atoms in total. The van der Waals surface area contributed by atoms with Gasteiger partial charge in [-0.25, -0.2) is 0 Å². The van der Waals surface area contributed by atoms with E-state index in [2.05, 4.69) is 13.8 Å². The summed E-state index contributed by atoms with van der Waals surface area (Å²) in [6.07, 6.45) is 4.62. The smallest absolute Gasteiger partial charge is 0.130 e. The van der Waals surface area contributed by atoms with Crippen molar-refractivity contribution in [1.29, 1.82) is 0 Å². The zero-order chi connectivity index (χ0) is 8.06. The number of hydrogen-bond donors (Lipinski definition) is 0. The van der Waals surface area contributed by atoms with Crippen molar-refractivity contribution in [2.75, 3.05) is 0 Å². The van der Waals surface area contributed by atoms with Gasteiger partial charge in [-0.15, -0.1) is 0 Å². The molecule has 2 bridgehead atoms. The molecule has 11 heavy (non-hydrogen) atoms. The van der Waals surface area contributed by atoms with Crippen LogP contribution in [0.4, 0.5) is 0 Å². The third-order valence-electron chi connectivity index (χ3n) is 3.73. The minimum Gasteiger partial charge on any atom is -0.302 e. The van der Waals surface area contributed by atoms with Crippen molar-refractivity contribution >= 4 is 6.29 Å². The number of aldehydes is 1. The highest BCUT2D eigenvalue weighted by Gasteiger charge is 2.47. The molecule has 0 aliphatic heterocycles. The summed E-state index contributed by atoms with van der Waals surface area (Å²) in [5.74, 6) is 0.736.